The minimum Gasteiger partial charge on any atom is -0.478 e. The van der Waals surface area contributed by atoms with Crippen LogP contribution < -0.4 is 0 Å². The van der Waals surface area contributed by atoms with E-state index in [1.54, 1.807) is 0 Å². The van der Waals surface area contributed by atoms with Crippen LogP contribution >= 0.6 is 24.2 Å². The number of aliphatic hydroxyl groups is 1. The molecule has 1 aliphatic carbocycles. The molecule has 128 valence electrons. The van der Waals surface area contributed by atoms with Crippen molar-refractivity contribution in [2.75, 3.05) is 0 Å². The van der Waals surface area contributed by atoms with Crippen molar-refractivity contribution < 1.29 is 19.2 Å². The summed E-state index contributed by atoms with van der Waals surface area (Å²) in [5, 5.41) is 20.3. The summed E-state index contributed by atoms with van der Waals surface area (Å²) in [7, 11) is 0. The van der Waals surface area contributed by atoms with E-state index in [0.29, 0.717) is 23.3 Å². The SMILES string of the molecule is CC1(C)Cc2c(sc(-c3ccccc3COS)c2C(=O)O)C(O)C1. The Hall–Kier alpha value is -1.34. The van der Waals surface area contributed by atoms with Gasteiger partial charge in [-0.15, -0.1) is 11.3 Å². The minimum atomic E-state index is -0.950. The molecule has 0 saturated carbocycles. The number of thiol groups is 1. The van der Waals surface area contributed by atoms with Gasteiger partial charge in [0, 0.05) is 9.75 Å². The molecule has 0 amide bonds. The van der Waals surface area contributed by atoms with Crippen molar-refractivity contribution >= 4 is 30.2 Å². The summed E-state index contributed by atoms with van der Waals surface area (Å²) in [6.07, 6.45) is 0.678. The number of carboxylic acid groups (broad SMARTS) is 1. The Balaban J connectivity index is 2.23. The quantitative estimate of drug-likeness (QED) is 0.553. The van der Waals surface area contributed by atoms with Gasteiger partial charge in [-0.3, -0.25) is 0 Å². The van der Waals surface area contributed by atoms with Gasteiger partial charge >= 0.3 is 5.97 Å². The highest BCUT2D eigenvalue weighted by Crippen LogP contribution is 2.49. The van der Waals surface area contributed by atoms with Gasteiger partial charge < -0.3 is 14.4 Å². The van der Waals surface area contributed by atoms with Crippen molar-refractivity contribution in [3.8, 4) is 10.4 Å². The van der Waals surface area contributed by atoms with Crippen LogP contribution in [0.25, 0.3) is 10.4 Å². The molecule has 0 aliphatic heterocycles. The van der Waals surface area contributed by atoms with E-state index in [1.807, 2.05) is 24.3 Å². The molecule has 4 nitrogen and oxygen atoms in total. The van der Waals surface area contributed by atoms with E-state index in [2.05, 4.69) is 26.8 Å². The standard InChI is InChI=1S/C18H20O4S2/c1-18(2)7-12-14(17(20)21)16(24-15(12)13(19)8-18)11-6-4-3-5-10(11)9-22-23/h3-6,13,19,23H,7-9H2,1-2H3,(H,20,21). The number of aliphatic hydroxyl groups excluding tert-OH is 1. The zero-order valence-corrected chi connectivity index (χ0v) is 15.3. The molecule has 0 bridgehead atoms. The van der Waals surface area contributed by atoms with E-state index in [-0.39, 0.29) is 12.0 Å². The first kappa shape index (κ1) is 17.5. The zero-order chi connectivity index (χ0) is 17.5. The fourth-order valence-electron chi connectivity index (χ4n) is 3.45. The molecule has 0 fully saturated rings. The molecule has 2 N–H and O–H groups in total. The lowest BCUT2D eigenvalue weighted by Gasteiger charge is -2.32. The Bertz CT molecular complexity index is 779. The van der Waals surface area contributed by atoms with Crippen LogP contribution in [-0.4, -0.2) is 16.2 Å². The fraction of sp³-hybridized carbons (Fsp3) is 0.389. The molecule has 1 aliphatic rings. The highest BCUT2D eigenvalue weighted by atomic mass is 32.1. The van der Waals surface area contributed by atoms with Gasteiger partial charge in [0.15, 0.2) is 0 Å². The molecule has 0 radical (unpaired) electrons. The number of thiophene rings is 1. The Morgan fingerprint density at radius 3 is 2.79 bits per heavy atom. The van der Waals surface area contributed by atoms with Crippen LogP contribution in [-0.2, 0) is 17.2 Å². The maximum atomic E-state index is 12.0. The fourth-order valence-corrected chi connectivity index (χ4v) is 4.94. The third-order valence-electron chi connectivity index (χ3n) is 4.44. The van der Waals surface area contributed by atoms with Gasteiger partial charge in [-0.1, -0.05) is 38.1 Å². The van der Waals surface area contributed by atoms with Gasteiger partial charge in [0.1, 0.15) is 0 Å². The second-order valence-electron chi connectivity index (χ2n) is 6.95. The summed E-state index contributed by atoms with van der Waals surface area (Å²) in [5.41, 5.74) is 2.67. The highest BCUT2D eigenvalue weighted by Gasteiger charge is 2.37. The Labute approximate surface area is 150 Å². The molecule has 2 aromatic rings. The van der Waals surface area contributed by atoms with Gasteiger partial charge in [0.2, 0.25) is 0 Å². The molecule has 1 unspecified atom stereocenters. The first-order valence-corrected chi connectivity index (χ1v) is 8.94. The van der Waals surface area contributed by atoms with Crippen molar-refractivity contribution in [3.05, 3.63) is 45.8 Å². The number of fused-ring (bicyclic) bond motifs is 1. The number of carbonyl (C=O) groups is 1. The number of hydrogen-bond acceptors (Lipinski definition) is 5. The van der Waals surface area contributed by atoms with Crippen LogP contribution in [0.5, 0.6) is 0 Å². The average Bonchev–Trinajstić information content (AvgIpc) is 2.86. The lowest BCUT2D eigenvalue weighted by atomic mass is 9.74. The number of rotatable bonds is 4. The van der Waals surface area contributed by atoms with E-state index in [0.717, 1.165) is 21.6 Å². The molecular weight excluding hydrogens is 344 g/mol. The lowest BCUT2D eigenvalue weighted by molar-refractivity contribution is 0.0692. The second-order valence-corrected chi connectivity index (χ2v) is 8.26. The summed E-state index contributed by atoms with van der Waals surface area (Å²) in [6, 6.07) is 7.55. The zero-order valence-electron chi connectivity index (χ0n) is 13.6. The van der Waals surface area contributed by atoms with Crippen molar-refractivity contribution in [2.45, 2.75) is 39.4 Å². The molecule has 0 spiro atoms. The van der Waals surface area contributed by atoms with Crippen LogP contribution in [0.15, 0.2) is 24.3 Å². The van der Waals surface area contributed by atoms with Crippen LogP contribution in [0.4, 0.5) is 0 Å². The second kappa shape index (κ2) is 6.52. The normalized spacial score (nSPS) is 19.1. The van der Waals surface area contributed by atoms with Gasteiger partial charge in [-0.05, 0) is 47.9 Å². The minimum absolute atomic E-state index is 0.122. The lowest BCUT2D eigenvalue weighted by Crippen LogP contribution is -2.25. The van der Waals surface area contributed by atoms with Gasteiger partial charge in [-0.25, -0.2) is 4.79 Å². The summed E-state index contributed by atoms with van der Waals surface area (Å²) >= 11 is 5.20. The third kappa shape index (κ3) is 3.11. The molecule has 1 aromatic heterocycles. The van der Waals surface area contributed by atoms with Crippen molar-refractivity contribution in [2.24, 2.45) is 5.41 Å². The molecule has 3 rings (SSSR count). The third-order valence-corrected chi connectivity index (χ3v) is 5.93. The van der Waals surface area contributed by atoms with E-state index in [9.17, 15) is 15.0 Å². The maximum Gasteiger partial charge on any atom is 0.337 e. The average molecular weight is 364 g/mol. The first-order valence-electron chi connectivity index (χ1n) is 7.75. The van der Waals surface area contributed by atoms with Crippen molar-refractivity contribution in [3.63, 3.8) is 0 Å². The van der Waals surface area contributed by atoms with Crippen LogP contribution in [0.1, 0.15) is 52.7 Å². The number of aromatic carboxylic acids is 1. The summed E-state index contributed by atoms with van der Waals surface area (Å²) in [6.45, 7) is 4.41. The first-order chi connectivity index (χ1) is 11.3. The monoisotopic (exact) mass is 364 g/mol. The predicted molar refractivity (Wildman–Crippen MR) is 97.6 cm³/mol. The molecule has 6 heteroatoms. The largest absolute Gasteiger partial charge is 0.478 e. The van der Waals surface area contributed by atoms with Crippen LogP contribution in [0, 0.1) is 5.41 Å². The topological polar surface area (TPSA) is 66.8 Å². The molecule has 1 atom stereocenters. The molecule has 0 saturated heterocycles. The predicted octanol–water partition coefficient (Wildman–Crippen LogP) is 4.48. The molecule has 24 heavy (non-hydrogen) atoms. The molecular formula is C18H20O4S2. The van der Waals surface area contributed by atoms with E-state index in [1.165, 1.54) is 11.3 Å². The Morgan fingerprint density at radius 2 is 2.12 bits per heavy atom. The van der Waals surface area contributed by atoms with Crippen LogP contribution in [0.2, 0.25) is 0 Å². The van der Waals surface area contributed by atoms with E-state index in [4.69, 9.17) is 4.18 Å². The Kier molecular flexibility index (Phi) is 4.75. The Morgan fingerprint density at radius 1 is 1.42 bits per heavy atom. The van der Waals surface area contributed by atoms with Crippen LogP contribution in [0.3, 0.4) is 0 Å². The molecule has 1 aromatic carbocycles. The number of benzene rings is 1. The van der Waals surface area contributed by atoms with Gasteiger partial charge in [0.05, 0.1) is 18.3 Å². The highest BCUT2D eigenvalue weighted by molar-refractivity contribution is 7.75. The van der Waals surface area contributed by atoms with Crippen molar-refractivity contribution in [1.29, 1.82) is 0 Å². The van der Waals surface area contributed by atoms with E-state index >= 15 is 0 Å². The summed E-state index contributed by atoms with van der Waals surface area (Å²) in [4.78, 5) is 13.5. The maximum absolute atomic E-state index is 12.0. The van der Waals surface area contributed by atoms with Gasteiger partial charge in [0.25, 0.3) is 0 Å². The number of hydrogen-bond donors (Lipinski definition) is 3. The molecule has 1 heterocycles. The van der Waals surface area contributed by atoms with Gasteiger partial charge in [-0.2, -0.15) is 0 Å². The summed E-state index contributed by atoms with van der Waals surface area (Å²) in [5.74, 6) is -0.950. The van der Waals surface area contributed by atoms with Crippen molar-refractivity contribution in [1.82, 2.24) is 0 Å². The van der Waals surface area contributed by atoms with E-state index < -0.39 is 12.1 Å². The smallest absolute Gasteiger partial charge is 0.337 e. The number of carboxylic acids is 1. The summed E-state index contributed by atoms with van der Waals surface area (Å²) < 4.78 is 4.95.